The van der Waals surface area contributed by atoms with Gasteiger partial charge >= 0.3 is 0 Å². The first-order valence-electron chi connectivity index (χ1n) is 10.3. The monoisotopic (exact) mass is 457 g/mol. The zero-order chi connectivity index (χ0) is 22.2. The van der Waals surface area contributed by atoms with Crippen LogP contribution in [-0.2, 0) is 24.8 Å². The fourth-order valence-electron chi connectivity index (χ4n) is 3.78. The first kappa shape index (κ1) is 23.0. The van der Waals surface area contributed by atoms with E-state index < -0.39 is 24.8 Å². The van der Waals surface area contributed by atoms with Crippen LogP contribution in [0.15, 0.2) is 24.3 Å². The summed E-state index contributed by atoms with van der Waals surface area (Å²) >= 11 is 0. The van der Waals surface area contributed by atoms with Crippen LogP contribution in [0.4, 0.5) is 11.4 Å². The van der Waals surface area contributed by atoms with E-state index in [1.165, 1.54) is 4.31 Å². The van der Waals surface area contributed by atoms with Gasteiger partial charge < -0.3 is 5.32 Å². The minimum atomic E-state index is -3.41. The summed E-state index contributed by atoms with van der Waals surface area (Å²) in [4.78, 5) is 12.7. The maximum absolute atomic E-state index is 12.7. The molecule has 2 fully saturated rings. The van der Waals surface area contributed by atoms with Gasteiger partial charge in [0.05, 0.1) is 16.2 Å². The lowest BCUT2D eigenvalue weighted by Crippen LogP contribution is -2.46. The predicted octanol–water partition coefficient (Wildman–Crippen LogP) is 2.44. The number of hydrogen-bond acceptors (Lipinski definition) is 5. The fourth-order valence-corrected chi connectivity index (χ4v) is 6.37. The van der Waals surface area contributed by atoms with Crippen molar-refractivity contribution >= 4 is 37.3 Å². The highest BCUT2D eigenvalue weighted by Crippen LogP contribution is 2.29. The molecule has 0 bridgehead atoms. The summed E-state index contributed by atoms with van der Waals surface area (Å²) in [5.41, 5.74) is 1.13. The summed E-state index contributed by atoms with van der Waals surface area (Å²) in [6.45, 7) is 5.44. The molecular formula is C20H31N3O5S2. The molecule has 0 aromatic heterocycles. The van der Waals surface area contributed by atoms with Gasteiger partial charge in [-0.3, -0.25) is 9.10 Å². The molecule has 0 spiro atoms. The number of amides is 1. The van der Waals surface area contributed by atoms with Crippen LogP contribution in [0.5, 0.6) is 0 Å². The summed E-state index contributed by atoms with van der Waals surface area (Å²) < 4.78 is 52.2. The van der Waals surface area contributed by atoms with Gasteiger partial charge in [0.15, 0.2) is 0 Å². The Morgan fingerprint density at radius 2 is 1.80 bits per heavy atom. The lowest BCUT2D eigenvalue weighted by Gasteiger charge is -2.30. The van der Waals surface area contributed by atoms with Crippen LogP contribution in [0.1, 0.15) is 52.9 Å². The molecule has 2 aliphatic rings. The molecule has 0 radical (unpaired) electrons. The lowest BCUT2D eigenvalue weighted by molar-refractivity contribution is -0.120. The number of carbonyl (C=O) groups is 1. The number of carbonyl (C=O) groups excluding carboxylic acids is 1. The van der Waals surface area contributed by atoms with Gasteiger partial charge in [0.2, 0.25) is 26.0 Å². The second-order valence-corrected chi connectivity index (χ2v) is 13.5. The second kappa shape index (κ2) is 8.47. The van der Waals surface area contributed by atoms with Gasteiger partial charge in [-0.1, -0.05) is 6.07 Å². The molecular weight excluding hydrogens is 426 g/mol. The zero-order valence-corrected chi connectivity index (χ0v) is 19.4. The molecule has 0 atom stereocenters. The zero-order valence-electron chi connectivity index (χ0n) is 17.7. The van der Waals surface area contributed by atoms with E-state index in [4.69, 9.17) is 0 Å². The van der Waals surface area contributed by atoms with Crippen molar-refractivity contribution in [2.24, 2.45) is 5.92 Å². The molecule has 10 heteroatoms. The van der Waals surface area contributed by atoms with Crippen molar-refractivity contribution in [3.63, 3.8) is 0 Å². The fraction of sp³-hybridized carbons (Fsp3) is 0.650. The van der Waals surface area contributed by atoms with Gasteiger partial charge in [0.25, 0.3) is 0 Å². The molecule has 1 aliphatic heterocycles. The van der Waals surface area contributed by atoms with Crippen LogP contribution in [0, 0.1) is 5.92 Å². The van der Waals surface area contributed by atoms with Crippen LogP contribution >= 0.6 is 0 Å². The summed E-state index contributed by atoms with van der Waals surface area (Å²) in [6, 6.07) is 6.74. The average Bonchev–Trinajstić information content (AvgIpc) is 3.00. The molecule has 168 valence electrons. The van der Waals surface area contributed by atoms with E-state index in [0.29, 0.717) is 50.0 Å². The van der Waals surface area contributed by atoms with Crippen molar-refractivity contribution in [3.05, 3.63) is 24.3 Å². The van der Waals surface area contributed by atoms with Crippen molar-refractivity contribution in [2.45, 2.75) is 63.7 Å². The highest BCUT2D eigenvalue weighted by Gasteiger charge is 2.34. The number of hydrogen-bond donors (Lipinski definition) is 2. The Hall–Kier alpha value is -1.65. The van der Waals surface area contributed by atoms with Crippen molar-refractivity contribution in [3.8, 4) is 0 Å². The van der Waals surface area contributed by atoms with Crippen LogP contribution in [-0.4, -0.2) is 45.8 Å². The van der Waals surface area contributed by atoms with Crippen molar-refractivity contribution in [1.29, 1.82) is 0 Å². The Morgan fingerprint density at radius 3 is 2.37 bits per heavy atom. The van der Waals surface area contributed by atoms with E-state index in [-0.39, 0.29) is 23.6 Å². The number of nitrogens with one attached hydrogen (secondary N) is 2. The molecule has 1 saturated carbocycles. The third-order valence-electron chi connectivity index (χ3n) is 5.73. The van der Waals surface area contributed by atoms with Gasteiger partial charge in [-0.2, -0.15) is 0 Å². The topological polar surface area (TPSA) is 113 Å². The largest absolute Gasteiger partial charge is 0.326 e. The highest BCUT2D eigenvalue weighted by atomic mass is 32.2. The van der Waals surface area contributed by atoms with Gasteiger partial charge in [0.1, 0.15) is 0 Å². The molecule has 3 rings (SSSR count). The molecule has 30 heavy (non-hydrogen) atoms. The van der Waals surface area contributed by atoms with Gasteiger partial charge in [0, 0.05) is 24.2 Å². The molecule has 1 heterocycles. The van der Waals surface area contributed by atoms with E-state index in [1.54, 1.807) is 45.0 Å². The Kier molecular flexibility index (Phi) is 6.50. The minimum Gasteiger partial charge on any atom is -0.326 e. The summed E-state index contributed by atoms with van der Waals surface area (Å²) in [5, 5.41) is 2.89. The molecule has 1 saturated heterocycles. The molecule has 1 aliphatic carbocycles. The SMILES string of the molecule is CC(C)(C)S(=O)(=O)N[C@H]1CC[C@H](C(=O)Nc2cccc(N3CCCS3(=O)=O)c2)CC1. The Morgan fingerprint density at radius 1 is 1.13 bits per heavy atom. The predicted molar refractivity (Wildman–Crippen MR) is 118 cm³/mol. The molecule has 1 aromatic carbocycles. The summed E-state index contributed by atoms with van der Waals surface area (Å²) in [7, 11) is -6.68. The molecule has 1 amide bonds. The van der Waals surface area contributed by atoms with Crippen LogP contribution in [0.2, 0.25) is 0 Å². The smallest absolute Gasteiger partial charge is 0.235 e. The number of anilines is 2. The van der Waals surface area contributed by atoms with Gasteiger partial charge in [-0.05, 0) is 71.1 Å². The Balaban J connectivity index is 1.57. The number of sulfonamides is 2. The normalized spacial score (nSPS) is 24.6. The Labute approximate surface area is 179 Å². The molecule has 2 N–H and O–H groups in total. The number of rotatable bonds is 5. The standard InChI is InChI=1S/C20H31N3O5S2/c1-20(2,3)30(27,28)22-16-10-8-15(9-11-16)19(24)21-17-6-4-7-18(14-17)23-12-5-13-29(23,25)26/h4,6-7,14-16,22H,5,8-13H2,1-3H3,(H,21,24)/t15-,16-. The average molecular weight is 458 g/mol. The Bertz CT molecular complexity index is 992. The van der Waals surface area contributed by atoms with Gasteiger partial charge in [-0.15, -0.1) is 0 Å². The number of nitrogens with zero attached hydrogens (tertiary/aromatic N) is 1. The van der Waals surface area contributed by atoms with E-state index in [1.807, 2.05) is 0 Å². The van der Waals surface area contributed by atoms with E-state index in [0.717, 1.165) is 0 Å². The maximum atomic E-state index is 12.7. The molecule has 1 aromatic rings. The molecule has 8 nitrogen and oxygen atoms in total. The highest BCUT2D eigenvalue weighted by molar-refractivity contribution is 7.93. The first-order chi connectivity index (χ1) is 13.9. The van der Waals surface area contributed by atoms with E-state index in [9.17, 15) is 21.6 Å². The minimum absolute atomic E-state index is 0.117. The summed E-state index contributed by atoms with van der Waals surface area (Å²) in [5.74, 6) is -0.167. The summed E-state index contributed by atoms with van der Waals surface area (Å²) in [6.07, 6.45) is 3.02. The second-order valence-electron chi connectivity index (χ2n) is 9.06. The van der Waals surface area contributed by atoms with Crippen LogP contribution in [0.3, 0.4) is 0 Å². The maximum Gasteiger partial charge on any atom is 0.235 e. The van der Waals surface area contributed by atoms with Gasteiger partial charge in [-0.25, -0.2) is 21.6 Å². The van der Waals surface area contributed by atoms with Crippen LogP contribution < -0.4 is 14.3 Å². The van der Waals surface area contributed by atoms with Crippen molar-refractivity contribution < 1.29 is 21.6 Å². The van der Waals surface area contributed by atoms with Crippen molar-refractivity contribution in [1.82, 2.24) is 4.72 Å². The van der Waals surface area contributed by atoms with E-state index >= 15 is 0 Å². The quantitative estimate of drug-likeness (QED) is 0.705. The third kappa shape index (κ3) is 5.15. The van der Waals surface area contributed by atoms with Crippen LogP contribution in [0.25, 0.3) is 0 Å². The van der Waals surface area contributed by atoms with E-state index in [2.05, 4.69) is 10.0 Å². The van der Waals surface area contributed by atoms with Crippen molar-refractivity contribution in [2.75, 3.05) is 21.9 Å². The lowest BCUT2D eigenvalue weighted by atomic mass is 9.86. The number of benzene rings is 1. The third-order valence-corrected chi connectivity index (χ3v) is 9.85. The first-order valence-corrected chi connectivity index (χ1v) is 13.4. The molecule has 0 unspecified atom stereocenters.